The summed E-state index contributed by atoms with van der Waals surface area (Å²) in [4.78, 5) is 20.1. The van der Waals surface area contributed by atoms with E-state index in [0.29, 0.717) is 6.42 Å². The lowest BCUT2D eigenvalue weighted by atomic mass is 9.87. The second-order valence-electron chi connectivity index (χ2n) is 13.3. The molecule has 6 heteroatoms. The first-order chi connectivity index (χ1) is 22.9. The van der Waals surface area contributed by atoms with Gasteiger partial charge in [0.1, 0.15) is 0 Å². The number of carbonyl (C=O) groups is 1. The minimum absolute atomic E-state index is 0.0898. The van der Waals surface area contributed by atoms with E-state index in [9.17, 15) is 4.79 Å². The van der Waals surface area contributed by atoms with Gasteiger partial charge in [0.2, 0.25) is 5.91 Å². The molecule has 0 aromatic heterocycles. The van der Waals surface area contributed by atoms with Gasteiger partial charge in [0, 0.05) is 85.6 Å². The fraction of sp³-hybridized carbons (Fsp3) is 0.310. The maximum absolute atomic E-state index is 11.6. The minimum Gasteiger partial charge on any atom is -0.378 e. The van der Waals surface area contributed by atoms with Crippen molar-refractivity contribution in [3.05, 3.63) is 131 Å². The molecule has 0 spiro atoms. The van der Waals surface area contributed by atoms with Crippen molar-refractivity contribution in [1.29, 1.82) is 0 Å². The maximum Gasteiger partial charge on any atom is 0.217 e. The van der Waals surface area contributed by atoms with Crippen molar-refractivity contribution in [2.45, 2.75) is 25.7 Å². The van der Waals surface area contributed by atoms with E-state index < -0.39 is 0 Å². The molecule has 0 radical (unpaired) electrons. The van der Waals surface area contributed by atoms with Crippen LogP contribution in [0, 0.1) is 5.92 Å². The van der Waals surface area contributed by atoms with Gasteiger partial charge in [-0.15, -0.1) is 0 Å². The Morgan fingerprint density at radius 3 is 1.00 bits per heavy atom. The smallest absolute Gasteiger partial charge is 0.217 e. The van der Waals surface area contributed by atoms with Crippen molar-refractivity contribution in [3.8, 4) is 0 Å². The van der Waals surface area contributed by atoms with E-state index in [1.807, 2.05) is 0 Å². The Morgan fingerprint density at radius 2 is 0.771 bits per heavy atom. The number of rotatable bonds is 15. The van der Waals surface area contributed by atoms with Crippen LogP contribution >= 0.6 is 0 Å². The van der Waals surface area contributed by atoms with Crippen LogP contribution < -0.4 is 25.3 Å². The van der Waals surface area contributed by atoms with Crippen LogP contribution in [0.3, 0.4) is 0 Å². The number of unbranched alkanes of at least 4 members (excludes halogenated alkanes) is 1. The molecule has 0 aliphatic rings. The summed E-state index contributed by atoms with van der Waals surface area (Å²) in [6.45, 7) is 0. The zero-order valence-electron chi connectivity index (χ0n) is 30.1. The molecule has 0 aliphatic carbocycles. The molecule has 2 N–H and O–H groups in total. The van der Waals surface area contributed by atoms with Gasteiger partial charge in [-0.2, -0.15) is 0 Å². The standard InChI is InChI=1S/C42H53N5O/c1-44(2)36-21-13-32(14-22-36)40(33-15-23-37(24-16-33)45(3)4)29-31(11-9-10-12-42(43)48)30-41(34-17-25-38(26-18-34)46(5)6)35-19-27-39(28-20-35)47(7)8/h13-31H,9-12H2,1-8H3,(H2,43,48). The third-order valence-corrected chi connectivity index (χ3v) is 8.75. The summed E-state index contributed by atoms with van der Waals surface area (Å²) in [5.41, 5.74) is 17.2. The van der Waals surface area contributed by atoms with Crippen LogP contribution in [0.5, 0.6) is 0 Å². The molecule has 0 fully saturated rings. The molecule has 0 bridgehead atoms. The molecular formula is C42H53N5O. The molecule has 4 aromatic carbocycles. The SMILES string of the molecule is CN(C)c1ccc(C(=CC(C=C(c2ccc(N(C)C)cc2)c2ccc(N(C)C)cc2)CCCCC(N)=O)c2ccc(N(C)C)cc2)cc1. The van der Waals surface area contributed by atoms with E-state index in [-0.39, 0.29) is 11.8 Å². The lowest BCUT2D eigenvalue weighted by molar-refractivity contribution is -0.118. The quantitative estimate of drug-likeness (QED) is 0.133. The molecule has 4 rings (SSSR count). The number of nitrogens with two attached hydrogens (primary N) is 1. The average Bonchev–Trinajstić information content (AvgIpc) is 3.07. The zero-order valence-corrected chi connectivity index (χ0v) is 30.1. The Balaban J connectivity index is 1.90. The Labute approximate surface area is 288 Å². The molecule has 0 unspecified atom stereocenters. The predicted molar refractivity (Wildman–Crippen MR) is 208 cm³/mol. The van der Waals surface area contributed by atoms with Crippen LogP contribution in [0.25, 0.3) is 11.1 Å². The average molecular weight is 644 g/mol. The van der Waals surface area contributed by atoms with Crippen LogP contribution in [-0.2, 0) is 4.79 Å². The molecule has 0 saturated heterocycles. The number of benzene rings is 4. The van der Waals surface area contributed by atoms with E-state index in [4.69, 9.17) is 5.73 Å². The second-order valence-corrected chi connectivity index (χ2v) is 13.3. The number of hydrogen-bond acceptors (Lipinski definition) is 5. The number of anilines is 4. The van der Waals surface area contributed by atoms with Crippen LogP contribution in [0.4, 0.5) is 22.7 Å². The van der Waals surface area contributed by atoms with E-state index >= 15 is 0 Å². The van der Waals surface area contributed by atoms with E-state index in [0.717, 1.165) is 42.0 Å². The van der Waals surface area contributed by atoms with Crippen molar-refractivity contribution in [2.24, 2.45) is 11.7 Å². The van der Waals surface area contributed by atoms with Crippen molar-refractivity contribution in [1.82, 2.24) is 0 Å². The van der Waals surface area contributed by atoms with E-state index in [1.165, 1.54) is 33.4 Å². The van der Waals surface area contributed by atoms with Gasteiger partial charge in [0.15, 0.2) is 0 Å². The minimum atomic E-state index is -0.247. The predicted octanol–water partition coefficient (Wildman–Crippen LogP) is 8.18. The third kappa shape index (κ3) is 9.77. The lowest BCUT2D eigenvalue weighted by Crippen LogP contribution is -2.10. The molecule has 252 valence electrons. The Kier molecular flexibility index (Phi) is 12.5. The van der Waals surface area contributed by atoms with Crippen LogP contribution in [-0.4, -0.2) is 62.3 Å². The lowest BCUT2D eigenvalue weighted by Gasteiger charge is -2.20. The molecular weight excluding hydrogens is 590 g/mol. The number of nitrogens with zero attached hydrogens (tertiary/aromatic N) is 4. The van der Waals surface area contributed by atoms with Gasteiger partial charge in [-0.3, -0.25) is 4.79 Å². The monoisotopic (exact) mass is 643 g/mol. The Bertz CT molecular complexity index is 1440. The topological polar surface area (TPSA) is 56.1 Å². The van der Waals surface area contributed by atoms with Crippen molar-refractivity contribution in [2.75, 3.05) is 76.0 Å². The normalized spacial score (nSPS) is 10.8. The summed E-state index contributed by atoms with van der Waals surface area (Å²) < 4.78 is 0. The Morgan fingerprint density at radius 1 is 0.500 bits per heavy atom. The van der Waals surface area contributed by atoms with E-state index in [1.54, 1.807) is 0 Å². The van der Waals surface area contributed by atoms with Crippen LogP contribution in [0.1, 0.15) is 47.9 Å². The second kappa shape index (κ2) is 16.7. The van der Waals surface area contributed by atoms with Crippen LogP contribution in [0.2, 0.25) is 0 Å². The number of carbonyl (C=O) groups excluding carboxylic acids is 1. The molecule has 0 saturated carbocycles. The first-order valence-electron chi connectivity index (χ1n) is 16.8. The molecule has 4 aromatic rings. The van der Waals surface area contributed by atoms with Crippen molar-refractivity contribution in [3.63, 3.8) is 0 Å². The molecule has 6 nitrogen and oxygen atoms in total. The highest BCUT2D eigenvalue weighted by Crippen LogP contribution is 2.34. The molecule has 1 amide bonds. The summed E-state index contributed by atoms with van der Waals surface area (Å²) in [5, 5.41) is 0. The fourth-order valence-electron chi connectivity index (χ4n) is 5.80. The number of amides is 1. The van der Waals surface area contributed by atoms with Gasteiger partial charge < -0.3 is 25.3 Å². The maximum atomic E-state index is 11.6. The number of allylic oxidation sites excluding steroid dienone is 2. The van der Waals surface area contributed by atoms with Crippen molar-refractivity contribution < 1.29 is 4.79 Å². The van der Waals surface area contributed by atoms with Crippen LogP contribution in [0.15, 0.2) is 109 Å². The molecule has 0 heterocycles. The number of primary amides is 1. The summed E-state index contributed by atoms with van der Waals surface area (Å²) in [6, 6.07) is 35.2. The highest BCUT2D eigenvalue weighted by Gasteiger charge is 2.15. The summed E-state index contributed by atoms with van der Waals surface area (Å²) in [7, 11) is 16.5. The zero-order chi connectivity index (χ0) is 34.8. The fourth-order valence-corrected chi connectivity index (χ4v) is 5.80. The summed E-state index contributed by atoms with van der Waals surface area (Å²) in [5.74, 6) is -0.157. The van der Waals surface area contributed by atoms with Gasteiger partial charge in [-0.05, 0) is 101 Å². The summed E-state index contributed by atoms with van der Waals surface area (Å²) >= 11 is 0. The first kappa shape index (κ1) is 35.9. The Hall–Kier alpha value is -4.97. The van der Waals surface area contributed by atoms with Gasteiger partial charge in [0.05, 0.1) is 0 Å². The van der Waals surface area contributed by atoms with Crippen molar-refractivity contribution >= 4 is 39.8 Å². The summed E-state index contributed by atoms with van der Waals surface area (Å²) in [6.07, 6.45) is 7.78. The molecule has 0 atom stereocenters. The van der Waals surface area contributed by atoms with Gasteiger partial charge in [-0.1, -0.05) is 67.1 Å². The highest BCUT2D eigenvalue weighted by molar-refractivity contribution is 5.84. The third-order valence-electron chi connectivity index (χ3n) is 8.75. The first-order valence-corrected chi connectivity index (χ1v) is 16.8. The number of hydrogen-bond donors (Lipinski definition) is 1. The van der Waals surface area contributed by atoms with E-state index in [2.05, 4.69) is 185 Å². The van der Waals surface area contributed by atoms with Gasteiger partial charge >= 0.3 is 0 Å². The molecule has 0 aliphatic heterocycles. The molecule has 48 heavy (non-hydrogen) atoms. The largest absolute Gasteiger partial charge is 0.378 e. The van der Waals surface area contributed by atoms with Gasteiger partial charge in [-0.25, -0.2) is 0 Å². The van der Waals surface area contributed by atoms with Gasteiger partial charge in [0.25, 0.3) is 0 Å². The highest BCUT2D eigenvalue weighted by atomic mass is 16.1.